The van der Waals surface area contributed by atoms with Crippen molar-refractivity contribution in [2.24, 2.45) is 0 Å². The summed E-state index contributed by atoms with van der Waals surface area (Å²) in [6.07, 6.45) is 0. The molecule has 3 aromatic rings. The summed E-state index contributed by atoms with van der Waals surface area (Å²) in [6.45, 7) is 3.01. The molecule has 4 rings (SSSR count). The second-order valence-electron chi connectivity index (χ2n) is 6.33. The molecular formula is C21H21N3O2. The molecule has 1 amide bonds. The van der Waals surface area contributed by atoms with Crippen molar-refractivity contribution in [1.82, 2.24) is 9.88 Å². The minimum atomic E-state index is 0.0278. The fourth-order valence-electron chi connectivity index (χ4n) is 3.17. The number of nitrogens with zero attached hydrogens (tertiary/aromatic N) is 3. The molecule has 5 nitrogen and oxygen atoms in total. The molecule has 0 spiro atoms. The highest BCUT2D eigenvalue weighted by Crippen LogP contribution is 2.19. The van der Waals surface area contributed by atoms with E-state index in [2.05, 4.69) is 23.1 Å². The van der Waals surface area contributed by atoms with Crippen molar-refractivity contribution < 1.29 is 9.53 Å². The molecule has 0 aliphatic carbocycles. The van der Waals surface area contributed by atoms with Gasteiger partial charge in [-0.3, -0.25) is 4.79 Å². The van der Waals surface area contributed by atoms with E-state index >= 15 is 0 Å². The van der Waals surface area contributed by atoms with Crippen LogP contribution in [0.4, 0.5) is 5.82 Å². The number of rotatable bonds is 4. The first kappa shape index (κ1) is 16.4. The Kier molecular flexibility index (Phi) is 4.69. The quantitative estimate of drug-likeness (QED) is 0.728. The summed E-state index contributed by atoms with van der Waals surface area (Å²) < 4.78 is 5.56. The number of benzene rings is 2. The maximum Gasteiger partial charge on any atom is 0.260 e. The van der Waals surface area contributed by atoms with Gasteiger partial charge < -0.3 is 14.5 Å². The third kappa shape index (κ3) is 3.61. The second-order valence-corrected chi connectivity index (χ2v) is 6.33. The van der Waals surface area contributed by atoms with Gasteiger partial charge in [0.25, 0.3) is 5.91 Å². The summed E-state index contributed by atoms with van der Waals surface area (Å²) in [4.78, 5) is 21.2. The van der Waals surface area contributed by atoms with Crippen molar-refractivity contribution in [1.29, 1.82) is 0 Å². The minimum Gasteiger partial charge on any atom is -0.484 e. The van der Waals surface area contributed by atoms with Crippen molar-refractivity contribution in [2.45, 2.75) is 0 Å². The number of anilines is 1. The van der Waals surface area contributed by atoms with Gasteiger partial charge in [-0.25, -0.2) is 4.98 Å². The topological polar surface area (TPSA) is 45.7 Å². The van der Waals surface area contributed by atoms with Gasteiger partial charge in [0.05, 0.1) is 5.52 Å². The number of pyridine rings is 1. The zero-order chi connectivity index (χ0) is 17.8. The molecule has 1 aliphatic heterocycles. The average molecular weight is 347 g/mol. The lowest BCUT2D eigenvalue weighted by Gasteiger charge is -2.35. The molecule has 0 N–H and O–H groups in total. The number of hydrogen-bond donors (Lipinski definition) is 0. The Balaban J connectivity index is 1.33. The molecule has 1 saturated heterocycles. The van der Waals surface area contributed by atoms with Crippen molar-refractivity contribution >= 4 is 22.6 Å². The summed E-state index contributed by atoms with van der Waals surface area (Å²) in [5.74, 6) is 1.72. The highest BCUT2D eigenvalue weighted by atomic mass is 16.5. The molecule has 0 unspecified atom stereocenters. The standard InChI is InChI=1S/C21H21N3O2/c25-21(16-26-18-7-2-1-3-8-18)24-14-12-23(13-15-24)20-11-10-17-6-4-5-9-19(17)22-20/h1-11H,12-16H2. The second kappa shape index (κ2) is 7.44. The third-order valence-electron chi connectivity index (χ3n) is 4.65. The Labute approximate surface area is 152 Å². The first-order valence-corrected chi connectivity index (χ1v) is 8.86. The lowest BCUT2D eigenvalue weighted by Crippen LogP contribution is -2.50. The first-order valence-electron chi connectivity index (χ1n) is 8.86. The van der Waals surface area contributed by atoms with Crippen LogP contribution in [0, 0.1) is 0 Å². The molecule has 5 heteroatoms. The van der Waals surface area contributed by atoms with E-state index in [-0.39, 0.29) is 12.5 Å². The molecule has 26 heavy (non-hydrogen) atoms. The Morgan fingerprint density at radius 2 is 1.62 bits per heavy atom. The van der Waals surface area contributed by atoms with E-state index in [9.17, 15) is 4.79 Å². The summed E-state index contributed by atoms with van der Waals surface area (Å²) >= 11 is 0. The van der Waals surface area contributed by atoms with Crippen LogP contribution >= 0.6 is 0 Å². The van der Waals surface area contributed by atoms with E-state index < -0.39 is 0 Å². The lowest BCUT2D eigenvalue weighted by molar-refractivity contribution is -0.133. The SMILES string of the molecule is O=C(COc1ccccc1)N1CCN(c2ccc3ccccc3n2)CC1. The van der Waals surface area contributed by atoms with Crippen LogP contribution in [-0.2, 0) is 4.79 Å². The van der Waals surface area contributed by atoms with Crippen LogP contribution in [0.3, 0.4) is 0 Å². The number of piperazine rings is 1. The van der Waals surface area contributed by atoms with Crippen LogP contribution < -0.4 is 9.64 Å². The predicted molar refractivity (Wildman–Crippen MR) is 102 cm³/mol. The van der Waals surface area contributed by atoms with Gasteiger partial charge in [0.15, 0.2) is 6.61 Å². The van der Waals surface area contributed by atoms with Crippen molar-refractivity contribution in [2.75, 3.05) is 37.7 Å². The molecular weight excluding hydrogens is 326 g/mol. The Morgan fingerprint density at radius 1 is 0.885 bits per heavy atom. The molecule has 1 aliphatic rings. The largest absolute Gasteiger partial charge is 0.484 e. The number of carbonyl (C=O) groups is 1. The zero-order valence-electron chi connectivity index (χ0n) is 14.5. The first-order chi connectivity index (χ1) is 12.8. The Morgan fingerprint density at radius 3 is 2.42 bits per heavy atom. The maximum absolute atomic E-state index is 12.4. The van der Waals surface area contributed by atoms with Gasteiger partial charge in [-0.2, -0.15) is 0 Å². The number of amides is 1. The lowest BCUT2D eigenvalue weighted by atomic mass is 10.2. The normalized spacial score (nSPS) is 14.5. The van der Waals surface area contributed by atoms with Crippen LogP contribution in [0.1, 0.15) is 0 Å². The highest BCUT2D eigenvalue weighted by molar-refractivity contribution is 5.80. The number of aromatic nitrogens is 1. The van der Waals surface area contributed by atoms with E-state index in [1.807, 2.05) is 53.4 Å². The fourth-order valence-corrected chi connectivity index (χ4v) is 3.17. The van der Waals surface area contributed by atoms with E-state index in [0.29, 0.717) is 13.1 Å². The number of hydrogen-bond acceptors (Lipinski definition) is 4. The average Bonchev–Trinajstić information content (AvgIpc) is 2.72. The number of para-hydroxylation sites is 2. The Bertz CT molecular complexity index is 890. The fraction of sp³-hybridized carbons (Fsp3) is 0.238. The predicted octanol–water partition coefficient (Wildman–Crippen LogP) is 2.96. The number of ether oxygens (including phenoxy) is 1. The monoisotopic (exact) mass is 347 g/mol. The summed E-state index contributed by atoms with van der Waals surface area (Å²) in [5, 5.41) is 1.14. The Hall–Kier alpha value is -3.08. The van der Waals surface area contributed by atoms with E-state index in [0.717, 1.165) is 35.6 Å². The van der Waals surface area contributed by atoms with Gasteiger partial charge in [-0.05, 0) is 30.3 Å². The van der Waals surface area contributed by atoms with E-state index in [1.165, 1.54) is 0 Å². The van der Waals surface area contributed by atoms with Crippen LogP contribution in [0.5, 0.6) is 5.75 Å². The van der Waals surface area contributed by atoms with Gasteiger partial charge in [-0.1, -0.05) is 36.4 Å². The van der Waals surface area contributed by atoms with E-state index in [1.54, 1.807) is 0 Å². The number of fused-ring (bicyclic) bond motifs is 1. The molecule has 0 radical (unpaired) electrons. The molecule has 2 heterocycles. The maximum atomic E-state index is 12.4. The summed E-state index contributed by atoms with van der Waals surface area (Å²) in [5.41, 5.74) is 1.000. The van der Waals surface area contributed by atoms with Gasteiger partial charge in [0, 0.05) is 31.6 Å². The summed E-state index contributed by atoms with van der Waals surface area (Å²) in [7, 11) is 0. The molecule has 2 aromatic carbocycles. The summed E-state index contributed by atoms with van der Waals surface area (Å²) in [6, 6.07) is 21.7. The van der Waals surface area contributed by atoms with E-state index in [4.69, 9.17) is 9.72 Å². The van der Waals surface area contributed by atoms with Gasteiger partial charge >= 0.3 is 0 Å². The van der Waals surface area contributed by atoms with Crippen molar-refractivity contribution in [3.05, 3.63) is 66.7 Å². The van der Waals surface area contributed by atoms with Crippen LogP contribution in [0.25, 0.3) is 10.9 Å². The molecule has 1 fully saturated rings. The smallest absolute Gasteiger partial charge is 0.260 e. The number of carbonyl (C=O) groups excluding carboxylic acids is 1. The van der Waals surface area contributed by atoms with Gasteiger partial charge in [0.1, 0.15) is 11.6 Å². The van der Waals surface area contributed by atoms with Gasteiger partial charge in [-0.15, -0.1) is 0 Å². The molecule has 1 aromatic heterocycles. The van der Waals surface area contributed by atoms with Crippen LogP contribution in [0.15, 0.2) is 66.7 Å². The van der Waals surface area contributed by atoms with Crippen molar-refractivity contribution in [3.8, 4) is 5.75 Å². The highest BCUT2D eigenvalue weighted by Gasteiger charge is 2.22. The zero-order valence-corrected chi connectivity index (χ0v) is 14.5. The molecule has 0 bridgehead atoms. The third-order valence-corrected chi connectivity index (χ3v) is 4.65. The van der Waals surface area contributed by atoms with Crippen LogP contribution in [0.2, 0.25) is 0 Å². The van der Waals surface area contributed by atoms with Crippen LogP contribution in [-0.4, -0.2) is 48.6 Å². The van der Waals surface area contributed by atoms with Gasteiger partial charge in [0.2, 0.25) is 0 Å². The molecule has 0 saturated carbocycles. The minimum absolute atomic E-state index is 0.0278. The molecule has 132 valence electrons. The molecule has 0 atom stereocenters. The van der Waals surface area contributed by atoms with Crippen molar-refractivity contribution in [3.63, 3.8) is 0 Å².